The zero-order valence-corrected chi connectivity index (χ0v) is 16.0. The minimum absolute atomic E-state index is 0.0239. The van der Waals surface area contributed by atoms with Crippen LogP contribution >= 0.6 is 0 Å². The minimum Gasteiger partial charge on any atom is -0.454 e. The predicted octanol–water partition coefficient (Wildman–Crippen LogP) is 1.34. The topological polar surface area (TPSA) is 105 Å². The highest BCUT2D eigenvalue weighted by molar-refractivity contribution is 6.09. The second-order valence-electron chi connectivity index (χ2n) is 7.89. The molecular formula is C18H29N3O5. The molecule has 4 amide bonds. The molecule has 1 spiro atoms. The number of amides is 4. The van der Waals surface area contributed by atoms with Gasteiger partial charge in [-0.3, -0.25) is 19.3 Å². The van der Waals surface area contributed by atoms with Gasteiger partial charge in [0, 0.05) is 5.54 Å². The Morgan fingerprint density at radius 2 is 2.04 bits per heavy atom. The van der Waals surface area contributed by atoms with Crippen molar-refractivity contribution in [3.63, 3.8) is 0 Å². The summed E-state index contributed by atoms with van der Waals surface area (Å²) in [4.78, 5) is 49.7. The van der Waals surface area contributed by atoms with Gasteiger partial charge in [-0.2, -0.15) is 0 Å². The zero-order chi connectivity index (χ0) is 19.5. The fourth-order valence-corrected chi connectivity index (χ4v) is 3.46. The molecule has 0 radical (unpaired) electrons. The molecule has 8 heteroatoms. The van der Waals surface area contributed by atoms with Crippen molar-refractivity contribution in [2.45, 2.75) is 70.9 Å². The van der Waals surface area contributed by atoms with Crippen molar-refractivity contribution >= 4 is 23.8 Å². The third-order valence-electron chi connectivity index (χ3n) is 5.51. The third-order valence-corrected chi connectivity index (χ3v) is 5.51. The molecule has 2 aliphatic rings. The fraction of sp³-hybridized carbons (Fsp3) is 0.778. The van der Waals surface area contributed by atoms with E-state index in [0.29, 0.717) is 6.42 Å². The second kappa shape index (κ2) is 7.63. The third kappa shape index (κ3) is 4.16. The van der Waals surface area contributed by atoms with Crippen molar-refractivity contribution in [1.29, 1.82) is 0 Å². The average Bonchev–Trinajstić information content (AvgIpc) is 2.80. The summed E-state index contributed by atoms with van der Waals surface area (Å²) in [6.07, 6.45) is 4.06. The number of urea groups is 1. The summed E-state index contributed by atoms with van der Waals surface area (Å²) in [6.45, 7) is 6.69. The Labute approximate surface area is 154 Å². The number of nitrogens with zero attached hydrogens (tertiary/aromatic N) is 1. The van der Waals surface area contributed by atoms with Gasteiger partial charge in [-0.25, -0.2) is 4.79 Å². The molecule has 2 fully saturated rings. The molecule has 0 unspecified atom stereocenters. The lowest BCUT2D eigenvalue weighted by molar-refractivity contribution is -0.151. The number of imide groups is 1. The first-order valence-electron chi connectivity index (χ1n) is 9.22. The number of hydrogen-bond acceptors (Lipinski definition) is 5. The van der Waals surface area contributed by atoms with Crippen LogP contribution in [-0.4, -0.2) is 52.9 Å². The molecule has 0 aromatic heterocycles. The molecule has 146 valence electrons. The summed E-state index contributed by atoms with van der Waals surface area (Å²) < 4.78 is 4.93. The summed E-state index contributed by atoms with van der Waals surface area (Å²) in [5.74, 6) is -1.54. The van der Waals surface area contributed by atoms with E-state index < -0.39 is 42.1 Å². The lowest BCUT2D eigenvalue weighted by Crippen LogP contribution is -2.54. The van der Waals surface area contributed by atoms with Gasteiger partial charge in [0.2, 0.25) is 0 Å². The van der Waals surface area contributed by atoms with Crippen LogP contribution in [0.3, 0.4) is 0 Å². The molecule has 1 heterocycles. The normalized spacial score (nSPS) is 26.0. The van der Waals surface area contributed by atoms with Gasteiger partial charge in [0.1, 0.15) is 12.1 Å². The molecular weight excluding hydrogens is 338 g/mol. The predicted molar refractivity (Wildman–Crippen MR) is 94.1 cm³/mol. The lowest BCUT2D eigenvalue weighted by atomic mass is 9.73. The summed E-state index contributed by atoms with van der Waals surface area (Å²) >= 11 is 0. The van der Waals surface area contributed by atoms with Gasteiger partial charge >= 0.3 is 12.0 Å². The van der Waals surface area contributed by atoms with Crippen LogP contribution in [0.15, 0.2) is 0 Å². The van der Waals surface area contributed by atoms with Crippen LogP contribution in [0.4, 0.5) is 4.79 Å². The fourth-order valence-electron chi connectivity index (χ4n) is 3.46. The van der Waals surface area contributed by atoms with E-state index in [0.717, 1.165) is 30.6 Å². The minimum atomic E-state index is -0.905. The first-order chi connectivity index (χ1) is 12.1. The van der Waals surface area contributed by atoms with Crippen molar-refractivity contribution < 1.29 is 23.9 Å². The van der Waals surface area contributed by atoms with Crippen LogP contribution < -0.4 is 10.6 Å². The molecule has 1 saturated carbocycles. The van der Waals surface area contributed by atoms with Gasteiger partial charge in [-0.05, 0) is 39.0 Å². The summed E-state index contributed by atoms with van der Waals surface area (Å²) in [7, 11) is 0. The molecule has 1 aliphatic carbocycles. The van der Waals surface area contributed by atoms with Crippen LogP contribution in [-0.2, 0) is 19.1 Å². The van der Waals surface area contributed by atoms with Crippen LogP contribution in [0.25, 0.3) is 0 Å². The Bertz CT molecular complexity index is 604. The SMILES string of the molecule is CCC(C)(C)NC(=O)COC(=O)CN1C(=O)N[C@@]2(CCCC[C@@H]2C)C1=O. The Morgan fingerprint density at radius 3 is 2.65 bits per heavy atom. The van der Waals surface area contributed by atoms with E-state index in [1.165, 1.54) is 0 Å². The summed E-state index contributed by atoms with van der Waals surface area (Å²) in [5.41, 5.74) is -1.30. The molecule has 2 N–H and O–H groups in total. The molecule has 0 aromatic carbocycles. The molecule has 1 saturated heterocycles. The van der Waals surface area contributed by atoms with E-state index in [9.17, 15) is 19.2 Å². The number of hydrogen-bond donors (Lipinski definition) is 2. The van der Waals surface area contributed by atoms with Gasteiger partial charge in [-0.15, -0.1) is 0 Å². The highest BCUT2D eigenvalue weighted by Crippen LogP contribution is 2.38. The highest BCUT2D eigenvalue weighted by Gasteiger charge is 2.55. The van der Waals surface area contributed by atoms with E-state index in [2.05, 4.69) is 10.6 Å². The number of nitrogens with one attached hydrogen (secondary N) is 2. The Morgan fingerprint density at radius 1 is 1.35 bits per heavy atom. The Hall–Kier alpha value is -2.12. The molecule has 1 aliphatic heterocycles. The first-order valence-corrected chi connectivity index (χ1v) is 9.22. The van der Waals surface area contributed by atoms with Gasteiger partial charge in [-0.1, -0.05) is 26.7 Å². The first kappa shape index (κ1) is 20.2. The average molecular weight is 367 g/mol. The number of esters is 1. The maximum Gasteiger partial charge on any atom is 0.326 e. The van der Waals surface area contributed by atoms with E-state index in [-0.39, 0.29) is 11.8 Å². The monoisotopic (exact) mass is 367 g/mol. The Kier molecular flexibility index (Phi) is 5.93. The van der Waals surface area contributed by atoms with Gasteiger partial charge in [0.05, 0.1) is 0 Å². The number of rotatable bonds is 6. The van der Waals surface area contributed by atoms with Crippen molar-refractivity contribution in [3.05, 3.63) is 0 Å². The van der Waals surface area contributed by atoms with Crippen LogP contribution in [0.1, 0.15) is 59.8 Å². The maximum atomic E-state index is 12.8. The number of carbonyl (C=O) groups excluding carboxylic acids is 4. The largest absolute Gasteiger partial charge is 0.454 e. The molecule has 8 nitrogen and oxygen atoms in total. The van der Waals surface area contributed by atoms with Gasteiger partial charge in [0.15, 0.2) is 6.61 Å². The molecule has 26 heavy (non-hydrogen) atoms. The lowest BCUT2D eigenvalue weighted by Gasteiger charge is -2.36. The number of ether oxygens (including phenoxy) is 1. The van der Waals surface area contributed by atoms with Crippen LogP contribution in [0.5, 0.6) is 0 Å². The molecule has 2 rings (SSSR count). The zero-order valence-electron chi connectivity index (χ0n) is 16.0. The second-order valence-corrected chi connectivity index (χ2v) is 7.89. The molecule has 0 aromatic rings. The quantitative estimate of drug-likeness (QED) is 0.544. The van der Waals surface area contributed by atoms with Crippen LogP contribution in [0.2, 0.25) is 0 Å². The molecule has 0 bridgehead atoms. The van der Waals surface area contributed by atoms with Crippen molar-refractivity contribution in [1.82, 2.24) is 15.5 Å². The van der Waals surface area contributed by atoms with Crippen molar-refractivity contribution in [2.24, 2.45) is 5.92 Å². The van der Waals surface area contributed by atoms with Gasteiger partial charge < -0.3 is 15.4 Å². The van der Waals surface area contributed by atoms with Crippen molar-refractivity contribution in [3.8, 4) is 0 Å². The number of carbonyl (C=O) groups is 4. The smallest absolute Gasteiger partial charge is 0.326 e. The molecule has 2 atom stereocenters. The Balaban J connectivity index is 1.90. The maximum absolute atomic E-state index is 12.8. The van der Waals surface area contributed by atoms with E-state index in [4.69, 9.17) is 4.74 Å². The van der Waals surface area contributed by atoms with E-state index in [1.54, 1.807) is 0 Å². The standard InChI is InChI=1S/C18H29N3O5/c1-5-17(3,4)19-13(22)11-26-14(23)10-21-15(24)18(20-16(21)25)9-7-6-8-12(18)2/h12H,5-11H2,1-4H3,(H,19,22)(H,20,25)/t12-,18+/m0/s1. The summed E-state index contributed by atoms with van der Waals surface area (Å²) in [5, 5.41) is 5.53. The van der Waals surface area contributed by atoms with Crippen LogP contribution in [0, 0.1) is 5.92 Å². The summed E-state index contributed by atoms with van der Waals surface area (Å²) in [6, 6.07) is -0.572. The van der Waals surface area contributed by atoms with Crippen molar-refractivity contribution in [2.75, 3.05) is 13.2 Å². The van der Waals surface area contributed by atoms with E-state index >= 15 is 0 Å². The highest BCUT2D eigenvalue weighted by atomic mass is 16.5. The van der Waals surface area contributed by atoms with E-state index in [1.807, 2.05) is 27.7 Å². The van der Waals surface area contributed by atoms with Gasteiger partial charge in [0.25, 0.3) is 11.8 Å².